The molecule has 0 saturated heterocycles. The lowest BCUT2D eigenvalue weighted by Crippen LogP contribution is -2.12. The van der Waals surface area contributed by atoms with Crippen molar-refractivity contribution in [3.63, 3.8) is 0 Å². The van der Waals surface area contributed by atoms with Gasteiger partial charge in [0.1, 0.15) is 0 Å². The predicted octanol–water partition coefficient (Wildman–Crippen LogP) is 1.10. The van der Waals surface area contributed by atoms with E-state index in [0.29, 0.717) is 0 Å². The lowest BCUT2D eigenvalue weighted by atomic mass is 10.6. The van der Waals surface area contributed by atoms with Crippen molar-refractivity contribution < 1.29 is 0 Å². The highest BCUT2D eigenvalue weighted by Gasteiger charge is 2.02. The molecule has 0 spiro atoms. The van der Waals surface area contributed by atoms with Crippen molar-refractivity contribution in [1.29, 1.82) is 5.39 Å². The Balaban J connectivity index is 3.23. The maximum absolute atomic E-state index is 8.08. The van der Waals surface area contributed by atoms with Gasteiger partial charge in [-0.2, -0.15) is 0 Å². The first kappa shape index (κ1) is 6.22. The third-order valence-electron chi connectivity index (χ3n) is 0.857. The fourth-order valence-corrected chi connectivity index (χ4v) is 0.350. The fourth-order valence-electron chi connectivity index (χ4n) is 0.350. The highest BCUT2D eigenvalue weighted by atomic mass is 15.5. The third-order valence-corrected chi connectivity index (χ3v) is 0.857. The second-order valence-corrected chi connectivity index (χ2v) is 1.23. The Hall–Kier alpha value is -0.780. The summed E-state index contributed by atoms with van der Waals surface area (Å²) in [4.78, 5) is 0. The Labute approximate surface area is 43.5 Å². The Bertz CT molecular complexity index is 69.5. The molecule has 0 aliphatic carbocycles. The van der Waals surface area contributed by atoms with Crippen LogP contribution in [0.25, 0.3) is 5.08 Å². The van der Waals surface area contributed by atoms with Gasteiger partial charge >= 0.3 is 5.08 Å². The molecule has 0 aromatic rings. The first-order valence-corrected chi connectivity index (χ1v) is 2.45. The first-order valence-electron chi connectivity index (χ1n) is 2.45. The van der Waals surface area contributed by atoms with Crippen molar-refractivity contribution >= 4 is 0 Å². The average Bonchev–Trinajstić information content (AvgIpc) is 1.72. The summed E-state index contributed by atoms with van der Waals surface area (Å²) in [6.07, 6.45) is 0. The summed E-state index contributed by atoms with van der Waals surface area (Å²) >= 11 is 0. The van der Waals surface area contributed by atoms with E-state index in [4.69, 9.17) is 5.39 Å². The molecule has 0 saturated carbocycles. The smallest absolute Gasteiger partial charge is 0.0408 e. The van der Waals surface area contributed by atoms with Gasteiger partial charge in [0, 0.05) is 0 Å². The van der Waals surface area contributed by atoms with Crippen LogP contribution in [0.1, 0.15) is 13.8 Å². The zero-order chi connectivity index (χ0) is 5.70. The predicted molar refractivity (Wildman–Crippen MR) is 28.0 cm³/mol. The van der Waals surface area contributed by atoms with Crippen molar-refractivity contribution in [3.05, 3.63) is 5.08 Å². The van der Waals surface area contributed by atoms with E-state index in [1.807, 2.05) is 13.8 Å². The lowest BCUT2D eigenvalue weighted by molar-refractivity contribution is 0.403. The van der Waals surface area contributed by atoms with Crippen molar-refractivity contribution in [3.8, 4) is 0 Å². The van der Waals surface area contributed by atoms with Crippen LogP contribution in [0.5, 0.6) is 0 Å². The largest absolute Gasteiger partial charge is 0.305 e. The highest BCUT2D eigenvalue weighted by Crippen LogP contribution is 1.82. The molecule has 0 rings (SSSR count). The number of nitrogens with zero attached hydrogens (tertiary/aromatic N) is 3. The van der Waals surface area contributed by atoms with Gasteiger partial charge in [-0.1, -0.05) is 0 Å². The molecule has 0 aromatic heterocycles. The third kappa shape index (κ3) is 1.99. The van der Waals surface area contributed by atoms with Gasteiger partial charge in [-0.15, -0.1) is 0 Å². The summed E-state index contributed by atoms with van der Waals surface area (Å²) in [6, 6.07) is 0. The van der Waals surface area contributed by atoms with Crippen LogP contribution in [-0.2, 0) is 0 Å². The van der Waals surface area contributed by atoms with Gasteiger partial charge < -0.3 is 0 Å². The summed E-state index contributed by atoms with van der Waals surface area (Å²) in [7, 11) is 0. The fraction of sp³-hybridized carbons (Fsp3) is 1.00. The summed E-state index contributed by atoms with van der Waals surface area (Å²) in [5, 5.41) is 12.6. The Kier molecular flexibility index (Phi) is 3.03. The molecular weight excluding hydrogens is 90.1 g/mol. The quantitative estimate of drug-likeness (QED) is 0.384. The molecule has 0 aliphatic rings. The van der Waals surface area contributed by atoms with E-state index in [2.05, 4.69) is 5.08 Å². The molecule has 0 atom stereocenters. The Morgan fingerprint density at radius 3 is 1.86 bits per heavy atom. The van der Waals surface area contributed by atoms with Gasteiger partial charge in [-0.05, 0) is 18.9 Å². The van der Waals surface area contributed by atoms with Crippen LogP contribution in [0.3, 0.4) is 0 Å². The Morgan fingerprint density at radius 1 is 1.43 bits per heavy atom. The van der Waals surface area contributed by atoms with Crippen LogP contribution in [0, 0.1) is 5.39 Å². The summed E-state index contributed by atoms with van der Waals surface area (Å²) in [6.45, 7) is 5.41. The molecule has 0 aliphatic heterocycles. The molecule has 0 N–H and O–H groups in total. The number of hydrogen-bond acceptors (Lipinski definition) is 2. The number of diazo groups is 1. The monoisotopic (exact) mass is 100 g/mol. The average molecular weight is 100 g/mol. The maximum atomic E-state index is 8.08. The Morgan fingerprint density at radius 2 is 1.86 bits per heavy atom. The molecule has 0 radical (unpaired) electrons. The molecule has 7 heavy (non-hydrogen) atoms. The second kappa shape index (κ2) is 3.41. The molecule has 0 aromatic carbocycles. The molecule has 0 fully saturated rings. The number of hydrogen-bond donors (Lipinski definition) is 0. The minimum Gasteiger partial charge on any atom is -0.0408 e. The molecule has 3 nitrogen and oxygen atoms in total. The summed E-state index contributed by atoms with van der Waals surface area (Å²) in [5.74, 6) is 0. The van der Waals surface area contributed by atoms with E-state index in [1.54, 1.807) is 5.01 Å². The molecule has 0 heterocycles. The molecule has 3 heteroatoms. The van der Waals surface area contributed by atoms with Crippen molar-refractivity contribution in [1.82, 2.24) is 5.01 Å². The first-order chi connectivity index (χ1) is 3.35. The van der Waals surface area contributed by atoms with Crippen molar-refractivity contribution in [2.45, 2.75) is 13.8 Å². The van der Waals surface area contributed by atoms with E-state index in [9.17, 15) is 0 Å². The highest BCUT2D eigenvalue weighted by molar-refractivity contribution is 4.48. The molecule has 0 unspecified atom stereocenters. The van der Waals surface area contributed by atoms with Crippen molar-refractivity contribution in [2.75, 3.05) is 13.1 Å². The van der Waals surface area contributed by atoms with E-state index in [0.717, 1.165) is 13.1 Å². The van der Waals surface area contributed by atoms with E-state index in [1.165, 1.54) is 0 Å². The van der Waals surface area contributed by atoms with Gasteiger partial charge in [0.05, 0.1) is 13.1 Å². The van der Waals surface area contributed by atoms with Crippen LogP contribution in [-0.4, -0.2) is 18.1 Å². The van der Waals surface area contributed by atoms with Crippen LogP contribution in [0.2, 0.25) is 0 Å². The molecule has 0 bridgehead atoms. The molecular formula is C4H10N3+. The lowest BCUT2D eigenvalue weighted by Gasteiger charge is -1.90. The topological polar surface area (TPSA) is 31.4 Å². The molecule has 0 amide bonds. The van der Waals surface area contributed by atoms with Crippen molar-refractivity contribution in [2.24, 2.45) is 0 Å². The van der Waals surface area contributed by atoms with Gasteiger partial charge in [-0.25, -0.2) is 0 Å². The standard InChI is InChI=1S/C4H10N3/c1-3-7(4-2)6-5/h3-4H2,1-2H3/q+1. The van der Waals surface area contributed by atoms with Gasteiger partial charge in [-0.3, -0.25) is 0 Å². The maximum Gasteiger partial charge on any atom is 0.305 e. The zero-order valence-electron chi connectivity index (χ0n) is 4.76. The minimum absolute atomic E-state index is 0.771. The van der Waals surface area contributed by atoms with Crippen LogP contribution in [0.15, 0.2) is 0 Å². The molecule has 40 valence electrons. The SMILES string of the molecule is CCN(CC)[N+]#N. The van der Waals surface area contributed by atoms with E-state index >= 15 is 0 Å². The second-order valence-electron chi connectivity index (χ2n) is 1.23. The van der Waals surface area contributed by atoms with E-state index in [-0.39, 0.29) is 0 Å². The summed E-state index contributed by atoms with van der Waals surface area (Å²) in [5.41, 5.74) is 0. The van der Waals surface area contributed by atoms with E-state index < -0.39 is 0 Å². The van der Waals surface area contributed by atoms with Gasteiger partial charge in [0.25, 0.3) is 5.39 Å². The zero-order valence-corrected chi connectivity index (χ0v) is 4.76. The number of rotatable bonds is 2. The van der Waals surface area contributed by atoms with Crippen LogP contribution >= 0.6 is 0 Å². The van der Waals surface area contributed by atoms with Crippen LogP contribution in [0.4, 0.5) is 0 Å². The van der Waals surface area contributed by atoms with Crippen LogP contribution < -0.4 is 0 Å². The summed E-state index contributed by atoms with van der Waals surface area (Å²) < 4.78 is 0. The van der Waals surface area contributed by atoms with Gasteiger partial charge in [0.2, 0.25) is 0 Å². The minimum atomic E-state index is 0.771. The van der Waals surface area contributed by atoms with Gasteiger partial charge in [0.15, 0.2) is 0 Å². The normalized spacial score (nSPS) is 7.57.